The van der Waals surface area contributed by atoms with Crippen LogP contribution >= 0.6 is 0 Å². The van der Waals surface area contributed by atoms with Crippen LogP contribution in [0, 0.1) is 17.2 Å². The molecule has 0 aromatic heterocycles. The Balaban J connectivity index is 1.81. The van der Waals surface area contributed by atoms with Crippen molar-refractivity contribution in [1.82, 2.24) is 4.90 Å². The fourth-order valence-corrected chi connectivity index (χ4v) is 3.69. The van der Waals surface area contributed by atoms with E-state index >= 15 is 0 Å². The van der Waals surface area contributed by atoms with Crippen LogP contribution in [-0.4, -0.2) is 37.2 Å². The first kappa shape index (κ1) is 21.2. The van der Waals surface area contributed by atoms with Gasteiger partial charge in [-0.3, -0.25) is 4.79 Å². The van der Waals surface area contributed by atoms with Crippen LogP contribution in [-0.2, 0) is 16.0 Å². The highest BCUT2D eigenvalue weighted by Crippen LogP contribution is 2.34. The Morgan fingerprint density at radius 1 is 1.17 bits per heavy atom. The standard InChI is InChI=1S/C23H24N2O5/c1-15-21(17-7-5-4-6-8-17)30-23(27)25(15)22(26)18(11-12-24)13-16-9-10-19(28-2)20(14-16)29-3/h4-10,14-15,18,21H,11,13H2,1-3H3/t15-,18-,21-/m0/s1. The summed E-state index contributed by atoms with van der Waals surface area (Å²) in [4.78, 5) is 26.9. The van der Waals surface area contributed by atoms with E-state index in [2.05, 4.69) is 6.07 Å². The van der Waals surface area contributed by atoms with Crippen LogP contribution in [0.4, 0.5) is 4.79 Å². The van der Waals surface area contributed by atoms with E-state index in [1.807, 2.05) is 36.4 Å². The molecule has 30 heavy (non-hydrogen) atoms. The summed E-state index contributed by atoms with van der Waals surface area (Å²) in [6.07, 6.45) is -0.943. The van der Waals surface area contributed by atoms with E-state index < -0.39 is 30.1 Å². The van der Waals surface area contributed by atoms with Gasteiger partial charge in [0.15, 0.2) is 11.5 Å². The molecule has 0 bridgehead atoms. The molecule has 1 saturated heterocycles. The van der Waals surface area contributed by atoms with Gasteiger partial charge in [-0.25, -0.2) is 9.69 Å². The summed E-state index contributed by atoms with van der Waals surface area (Å²) in [6.45, 7) is 1.78. The summed E-state index contributed by atoms with van der Waals surface area (Å²) in [5, 5.41) is 9.27. The second-order valence-corrected chi connectivity index (χ2v) is 7.12. The van der Waals surface area contributed by atoms with E-state index in [1.54, 1.807) is 26.2 Å². The zero-order valence-electron chi connectivity index (χ0n) is 17.2. The number of hydrogen-bond acceptors (Lipinski definition) is 6. The van der Waals surface area contributed by atoms with Gasteiger partial charge in [0.05, 0.1) is 32.2 Å². The van der Waals surface area contributed by atoms with E-state index in [-0.39, 0.29) is 6.42 Å². The number of nitriles is 1. The van der Waals surface area contributed by atoms with Crippen molar-refractivity contribution in [1.29, 1.82) is 5.26 Å². The molecule has 156 valence electrons. The first-order valence-corrected chi connectivity index (χ1v) is 9.66. The summed E-state index contributed by atoms with van der Waals surface area (Å²) in [5.41, 5.74) is 1.63. The van der Waals surface area contributed by atoms with Gasteiger partial charge in [0.1, 0.15) is 6.10 Å². The summed E-state index contributed by atoms with van der Waals surface area (Å²) in [5.74, 6) is 0.0167. The van der Waals surface area contributed by atoms with E-state index in [0.717, 1.165) is 16.0 Å². The van der Waals surface area contributed by atoms with Gasteiger partial charge >= 0.3 is 6.09 Å². The zero-order valence-corrected chi connectivity index (χ0v) is 17.2. The number of hydrogen-bond donors (Lipinski definition) is 0. The lowest BCUT2D eigenvalue weighted by atomic mass is 9.94. The fraction of sp³-hybridized carbons (Fsp3) is 0.348. The molecule has 3 rings (SSSR count). The third-order valence-electron chi connectivity index (χ3n) is 5.25. The number of benzene rings is 2. The normalized spacial score (nSPS) is 19.0. The fourth-order valence-electron chi connectivity index (χ4n) is 3.69. The Hall–Kier alpha value is -3.53. The van der Waals surface area contributed by atoms with Gasteiger partial charge in [-0.1, -0.05) is 36.4 Å². The van der Waals surface area contributed by atoms with Crippen LogP contribution < -0.4 is 9.47 Å². The van der Waals surface area contributed by atoms with Crippen LogP contribution in [0.15, 0.2) is 48.5 Å². The van der Waals surface area contributed by atoms with Crippen LogP contribution in [0.1, 0.15) is 30.6 Å². The SMILES string of the molecule is COc1ccc(C[C@H](CC#N)C(=O)N2C(=O)O[C@H](c3ccccc3)[C@@H]2C)cc1OC. The third kappa shape index (κ3) is 4.23. The molecule has 0 N–H and O–H groups in total. The van der Waals surface area contributed by atoms with Crippen molar-refractivity contribution in [2.75, 3.05) is 14.2 Å². The van der Waals surface area contributed by atoms with Gasteiger partial charge in [0.25, 0.3) is 0 Å². The predicted molar refractivity (Wildman–Crippen MR) is 109 cm³/mol. The number of amides is 2. The summed E-state index contributed by atoms with van der Waals surface area (Å²) in [7, 11) is 3.08. The zero-order chi connectivity index (χ0) is 21.7. The van der Waals surface area contributed by atoms with Crippen molar-refractivity contribution >= 4 is 12.0 Å². The molecule has 0 unspecified atom stereocenters. The molecule has 0 saturated carbocycles. The molecule has 7 heteroatoms. The lowest BCUT2D eigenvalue weighted by Gasteiger charge is -2.23. The van der Waals surface area contributed by atoms with Gasteiger partial charge in [-0.05, 0) is 36.6 Å². The maximum Gasteiger partial charge on any atom is 0.417 e. The highest BCUT2D eigenvalue weighted by Gasteiger charge is 2.45. The first-order chi connectivity index (χ1) is 14.5. The largest absolute Gasteiger partial charge is 0.493 e. The smallest absolute Gasteiger partial charge is 0.417 e. The molecule has 1 aliphatic heterocycles. The van der Waals surface area contributed by atoms with E-state index in [1.165, 1.54) is 7.11 Å². The molecule has 3 atom stereocenters. The number of carbonyl (C=O) groups is 2. The molecule has 1 heterocycles. The van der Waals surface area contributed by atoms with Gasteiger partial charge in [-0.2, -0.15) is 5.26 Å². The Morgan fingerprint density at radius 2 is 1.87 bits per heavy atom. The first-order valence-electron chi connectivity index (χ1n) is 9.66. The number of carbonyl (C=O) groups excluding carboxylic acids is 2. The molecule has 0 aliphatic carbocycles. The number of imide groups is 1. The second kappa shape index (κ2) is 9.31. The number of nitrogens with zero attached hydrogens (tertiary/aromatic N) is 2. The topological polar surface area (TPSA) is 88.9 Å². The Morgan fingerprint density at radius 3 is 2.50 bits per heavy atom. The number of cyclic esters (lactones) is 1. The number of rotatable bonds is 7. The minimum atomic E-state index is -0.684. The quantitative estimate of drug-likeness (QED) is 0.691. The van der Waals surface area contributed by atoms with Gasteiger partial charge in [-0.15, -0.1) is 0 Å². The lowest BCUT2D eigenvalue weighted by molar-refractivity contribution is -0.133. The van der Waals surface area contributed by atoms with Crippen molar-refractivity contribution in [2.24, 2.45) is 5.92 Å². The van der Waals surface area contributed by atoms with Crippen molar-refractivity contribution in [3.8, 4) is 17.6 Å². The Bertz CT molecular complexity index is 954. The van der Waals surface area contributed by atoms with Crippen molar-refractivity contribution in [3.05, 3.63) is 59.7 Å². The molecule has 0 spiro atoms. The maximum atomic E-state index is 13.2. The monoisotopic (exact) mass is 408 g/mol. The van der Waals surface area contributed by atoms with E-state index in [4.69, 9.17) is 14.2 Å². The highest BCUT2D eigenvalue weighted by atomic mass is 16.6. The number of ether oxygens (including phenoxy) is 3. The lowest BCUT2D eigenvalue weighted by Crippen LogP contribution is -2.42. The maximum absolute atomic E-state index is 13.2. The minimum Gasteiger partial charge on any atom is -0.493 e. The van der Waals surface area contributed by atoms with Crippen molar-refractivity contribution in [2.45, 2.75) is 31.9 Å². The molecule has 1 fully saturated rings. The average Bonchev–Trinajstić information content (AvgIpc) is 3.07. The van der Waals surface area contributed by atoms with Crippen LogP contribution in [0.5, 0.6) is 11.5 Å². The van der Waals surface area contributed by atoms with Crippen molar-refractivity contribution < 1.29 is 23.8 Å². The molecule has 2 amide bonds. The second-order valence-electron chi connectivity index (χ2n) is 7.12. The van der Waals surface area contributed by atoms with E-state index in [0.29, 0.717) is 17.9 Å². The minimum absolute atomic E-state index is 0.0142. The molecular formula is C23H24N2O5. The van der Waals surface area contributed by atoms with Gasteiger partial charge in [0.2, 0.25) is 5.91 Å². The highest BCUT2D eigenvalue weighted by molar-refractivity contribution is 5.95. The molecule has 0 radical (unpaired) electrons. The predicted octanol–water partition coefficient (Wildman–Crippen LogP) is 3.88. The van der Waals surface area contributed by atoms with Gasteiger partial charge < -0.3 is 14.2 Å². The summed E-state index contributed by atoms with van der Waals surface area (Å²) in [6, 6.07) is 16.2. The molecule has 7 nitrogen and oxygen atoms in total. The third-order valence-corrected chi connectivity index (χ3v) is 5.25. The Labute approximate surface area is 175 Å². The average molecular weight is 408 g/mol. The van der Waals surface area contributed by atoms with E-state index in [9.17, 15) is 14.9 Å². The van der Waals surface area contributed by atoms with Crippen LogP contribution in [0.3, 0.4) is 0 Å². The summed E-state index contributed by atoms with van der Waals surface area (Å²) >= 11 is 0. The molecule has 2 aromatic rings. The molecular weight excluding hydrogens is 384 g/mol. The number of methoxy groups -OCH3 is 2. The Kier molecular flexibility index (Phi) is 6.58. The van der Waals surface area contributed by atoms with Gasteiger partial charge in [0, 0.05) is 6.42 Å². The van der Waals surface area contributed by atoms with Crippen LogP contribution in [0.2, 0.25) is 0 Å². The molecule has 1 aliphatic rings. The molecule has 2 aromatic carbocycles. The van der Waals surface area contributed by atoms with Crippen LogP contribution in [0.25, 0.3) is 0 Å². The van der Waals surface area contributed by atoms with Crippen molar-refractivity contribution in [3.63, 3.8) is 0 Å². The summed E-state index contributed by atoms with van der Waals surface area (Å²) < 4.78 is 16.0.